The molecule has 0 spiro atoms. The van der Waals surface area contributed by atoms with Crippen LogP contribution in [0.25, 0.3) is 0 Å². The molecule has 0 aliphatic heterocycles. The van der Waals surface area contributed by atoms with Crippen LogP contribution < -0.4 is 9.46 Å². The fourth-order valence-electron chi connectivity index (χ4n) is 1.65. The van der Waals surface area contributed by atoms with Crippen LogP contribution in [-0.2, 0) is 10.0 Å². The molecule has 0 aromatic heterocycles. The lowest BCUT2D eigenvalue weighted by Crippen LogP contribution is -2.12. The van der Waals surface area contributed by atoms with E-state index in [1.54, 1.807) is 42.5 Å². The summed E-state index contributed by atoms with van der Waals surface area (Å²) in [5, 5.41) is 0. The Morgan fingerprint density at radius 2 is 1.75 bits per heavy atom. The largest absolute Gasteiger partial charge is 0.495 e. The van der Waals surface area contributed by atoms with Crippen molar-refractivity contribution in [3.05, 3.63) is 52.5 Å². The van der Waals surface area contributed by atoms with Gasteiger partial charge in [-0.1, -0.05) is 17.7 Å². The molecule has 0 bridgehead atoms. The zero-order valence-electron chi connectivity index (χ0n) is 11.1. The monoisotopic (exact) mass is 355 g/mol. The van der Waals surface area contributed by atoms with Crippen molar-refractivity contribution in [2.45, 2.75) is 11.8 Å². The van der Waals surface area contributed by atoms with Gasteiger partial charge in [-0.2, -0.15) is 0 Å². The summed E-state index contributed by atoms with van der Waals surface area (Å²) in [5.74, 6) is 0.564. The highest BCUT2D eigenvalue weighted by Gasteiger charge is 2.14. The van der Waals surface area contributed by atoms with Crippen LogP contribution in [0.5, 0.6) is 5.75 Å². The van der Waals surface area contributed by atoms with Gasteiger partial charge in [0.15, 0.2) is 0 Å². The molecule has 20 heavy (non-hydrogen) atoms. The Bertz CT molecular complexity index is 712. The van der Waals surface area contributed by atoms with Crippen LogP contribution in [0.4, 0.5) is 5.69 Å². The Morgan fingerprint density at radius 1 is 1.10 bits per heavy atom. The zero-order chi connectivity index (χ0) is 14.8. The van der Waals surface area contributed by atoms with Gasteiger partial charge in [0.05, 0.1) is 22.2 Å². The molecule has 0 saturated carbocycles. The molecule has 106 valence electrons. The average Bonchev–Trinajstić information content (AvgIpc) is 2.41. The fraction of sp³-hybridized carbons (Fsp3) is 0.143. The number of hydrogen-bond donors (Lipinski definition) is 1. The quantitative estimate of drug-likeness (QED) is 0.911. The lowest BCUT2D eigenvalue weighted by Gasteiger charge is -2.10. The smallest absolute Gasteiger partial charge is 0.261 e. The number of sulfonamides is 1. The molecular weight excluding hydrogens is 342 g/mol. The van der Waals surface area contributed by atoms with Crippen LogP contribution in [-0.4, -0.2) is 15.5 Å². The van der Waals surface area contributed by atoms with E-state index in [0.29, 0.717) is 11.4 Å². The first-order valence-electron chi connectivity index (χ1n) is 5.85. The molecule has 6 heteroatoms. The predicted molar refractivity (Wildman–Crippen MR) is 82.7 cm³/mol. The Balaban J connectivity index is 2.30. The van der Waals surface area contributed by atoms with E-state index >= 15 is 0 Å². The normalized spacial score (nSPS) is 11.2. The van der Waals surface area contributed by atoms with Gasteiger partial charge < -0.3 is 4.74 Å². The second-order valence-electron chi connectivity index (χ2n) is 4.27. The average molecular weight is 356 g/mol. The molecule has 2 rings (SSSR count). The van der Waals surface area contributed by atoms with E-state index in [9.17, 15) is 8.42 Å². The van der Waals surface area contributed by atoms with Crippen LogP contribution in [0.1, 0.15) is 5.56 Å². The second-order valence-corrected chi connectivity index (χ2v) is 6.80. The molecule has 0 amide bonds. The van der Waals surface area contributed by atoms with Crippen molar-refractivity contribution in [3.8, 4) is 5.75 Å². The van der Waals surface area contributed by atoms with E-state index in [2.05, 4.69) is 20.7 Å². The van der Waals surface area contributed by atoms with E-state index in [1.165, 1.54) is 7.11 Å². The second kappa shape index (κ2) is 5.85. The summed E-state index contributed by atoms with van der Waals surface area (Å²) in [6.07, 6.45) is 0. The number of hydrogen-bond acceptors (Lipinski definition) is 3. The molecule has 0 saturated heterocycles. The minimum absolute atomic E-state index is 0.227. The molecule has 0 aliphatic rings. The fourth-order valence-corrected chi connectivity index (χ4v) is 3.11. The zero-order valence-corrected chi connectivity index (χ0v) is 13.5. The van der Waals surface area contributed by atoms with E-state index in [0.717, 1.165) is 10.0 Å². The van der Waals surface area contributed by atoms with E-state index in [-0.39, 0.29) is 4.90 Å². The van der Waals surface area contributed by atoms with E-state index in [4.69, 9.17) is 4.74 Å². The molecule has 0 aliphatic carbocycles. The van der Waals surface area contributed by atoms with Crippen molar-refractivity contribution in [3.63, 3.8) is 0 Å². The third-order valence-corrected chi connectivity index (χ3v) is 4.79. The minimum atomic E-state index is -3.59. The SMILES string of the molecule is COc1cc(NS(=O)(=O)c2ccc(C)cc2)ccc1Br. The molecule has 2 aromatic carbocycles. The van der Waals surface area contributed by atoms with Gasteiger partial charge in [-0.3, -0.25) is 4.72 Å². The maximum absolute atomic E-state index is 12.2. The first-order valence-corrected chi connectivity index (χ1v) is 8.13. The van der Waals surface area contributed by atoms with Crippen LogP contribution >= 0.6 is 15.9 Å². The van der Waals surface area contributed by atoms with Gasteiger partial charge in [-0.05, 0) is 47.1 Å². The van der Waals surface area contributed by atoms with Crippen LogP contribution in [0.3, 0.4) is 0 Å². The molecule has 0 unspecified atom stereocenters. The number of anilines is 1. The number of methoxy groups -OCH3 is 1. The number of rotatable bonds is 4. The third-order valence-electron chi connectivity index (χ3n) is 2.73. The summed E-state index contributed by atoms with van der Waals surface area (Å²) in [6.45, 7) is 1.91. The summed E-state index contributed by atoms with van der Waals surface area (Å²) in [7, 11) is -2.06. The van der Waals surface area contributed by atoms with Crippen molar-refractivity contribution in [1.82, 2.24) is 0 Å². The Hall–Kier alpha value is -1.53. The Labute approximate surface area is 127 Å². The van der Waals surface area contributed by atoms with Gasteiger partial charge in [0.25, 0.3) is 10.0 Å². The van der Waals surface area contributed by atoms with Gasteiger partial charge in [-0.25, -0.2) is 8.42 Å². The molecule has 0 heterocycles. The summed E-state index contributed by atoms with van der Waals surface area (Å²) >= 11 is 3.32. The van der Waals surface area contributed by atoms with Crippen molar-refractivity contribution in [2.75, 3.05) is 11.8 Å². The van der Waals surface area contributed by atoms with Crippen LogP contribution in [0.2, 0.25) is 0 Å². The molecule has 1 N–H and O–H groups in total. The topological polar surface area (TPSA) is 55.4 Å². The minimum Gasteiger partial charge on any atom is -0.495 e. The molecular formula is C14H14BrNO3S. The number of nitrogens with one attached hydrogen (secondary N) is 1. The van der Waals surface area contributed by atoms with Gasteiger partial charge in [0.2, 0.25) is 0 Å². The summed E-state index contributed by atoms with van der Waals surface area (Å²) in [4.78, 5) is 0.227. The van der Waals surface area contributed by atoms with Gasteiger partial charge in [-0.15, -0.1) is 0 Å². The summed E-state index contributed by atoms with van der Waals surface area (Å²) in [6, 6.07) is 11.7. The van der Waals surface area contributed by atoms with Gasteiger partial charge >= 0.3 is 0 Å². The van der Waals surface area contributed by atoms with Crippen LogP contribution in [0, 0.1) is 6.92 Å². The van der Waals surface area contributed by atoms with Gasteiger partial charge in [0, 0.05) is 6.07 Å². The van der Waals surface area contributed by atoms with Crippen molar-refractivity contribution in [2.24, 2.45) is 0 Å². The highest BCUT2D eigenvalue weighted by atomic mass is 79.9. The summed E-state index contributed by atoms with van der Waals surface area (Å²) in [5.41, 5.74) is 1.46. The van der Waals surface area contributed by atoms with Gasteiger partial charge in [0.1, 0.15) is 5.75 Å². The molecule has 4 nitrogen and oxygen atoms in total. The summed E-state index contributed by atoms with van der Waals surface area (Å²) < 4.78 is 32.9. The molecule has 0 fully saturated rings. The first kappa shape index (κ1) is 14.9. The third kappa shape index (κ3) is 3.32. The Morgan fingerprint density at radius 3 is 2.35 bits per heavy atom. The number of aryl methyl sites for hydroxylation is 1. The maximum Gasteiger partial charge on any atom is 0.261 e. The van der Waals surface area contributed by atoms with E-state index in [1.807, 2.05) is 6.92 Å². The van der Waals surface area contributed by atoms with E-state index < -0.39 is 10.0 Å². The van der Waals surface area contributed by atoms with Crippen molar-refractivity contribution >= 4 is 31.6 Å². The maximum atomic E-state index is 12.2. The molecule has 0 radical (unpaired) electrons. The number of benzene rings is 2. The van der Waals surface area contributed by atoms with Crippen molar-refractivity contribution in [1.29, 1.82) is 0 Å². The first-order chi connectivity index (χ1) is 9.42. The number of ether oxygens (including phenoxy) is 1. The van der Waals surface area contributed by atoms with Crippen molar-refractivity contribution < 1.29 is 13.2 Å². The predicted octanol–water partition coefficient (Wildman–Crippen LogP) is 3.57. The lowest BCUT2D eigenvalue weighted by atomic mass is 10.2. The highest BCUT2D eigenvalue weighted by molar-refractivity contribution is 9.10. The van der Waals surface area contributed by atoms with Crippen LogP contribution in [0.15, 0.2) is 51.8 Å². The number of halogens is 1. The highest BCUT2D eigenvalue weighted by Crippen LogP contribution is 2.29. The lowest BCUT2D eigenvalue weighted by molar-refractivity contribution is 0.412. The standard InChI is InChI=1S/C14H14BrNO3S/c1-10-3-6-12(7-4-10)20(17,18)16-11-5-8-13(15)14(9-11)19-2/h3-9,16H,1-2H3. The Kier molecular flexibility index (Phi) is 4.35. The molecule has 2 aromatic rings. The molecule has 0 atom stereocenters.